The third kappa shape index (κ3) is 1.87. The van der Waals surface area contributed by atoms with Crippen molar-refractivity contribution in [2.24, 2.45) is 11.7 Å². The van der Waals surface area contributed by atoms with Gasteiger partial charge in [-0.05, 0) is 30.7 Å². The number of thiophene rings is 1. The van der Waals surface area contributed by atoms with E-state index in [4.69, 9.17) is 5.73 Å². The number of nitrogens with zero attached hydrogens (tertiary/aromatic N) is 4. The van der Waals surface area contributed by atoms with Gasteiger partial charge in [-0.2, -0.15) is 0 Å². The first-order valence-electron chi connectivity index (χ1n) is 7.21. The van der Waals surface area contributed by atoms with Crippen LogP contribution < -0.4 is 11.4 Å². The van der Waals surface area contributed by atoms with Gasteiger partial charge in [0.2, 0.25) is 5.91 Å². The van der Waals surface area contributed by atoms with Crippen LogP contribution in [0.1, 0.15) is 23.8 Å². The van der Waals surface area contributed by atoms with Crippen LogP contribution >= 0.6 is 11.3 Å². The van der Waals surface area contributed by atoms with Crippen molar-refractivity contribution in [3.05, 3.63) is 27.3 Å². The Bertz CT molecular complexity index is 967. The molecule has 3 heterocycles. The topological polar surface area (TPSA) is 95.3 Å². The SMILES string of the molecule is C[C@@H]1CCc2c(sc3ncn4c(=O)n(CC(N)=O)nc4c23)C1. The number of aryl methyl sites for hydroxylation is 1. The summed E-state index contributed by atoms with van der Waals surface area (Å²) in [4.78, 5) is 30.0. The predicted octanol–water partition coefficient (Wildman–Crippen LogP) is 0.716. The summed E-state index contributed by atoms with van der Waals surface area (Å²) in [6, 6.07) is 0. The first-order valence-corrected chi connectivity index (χ1v) is 8.03. The van der Waals surface area contributed by atoms with Crippen molar-refractivity contribution >= 4 is 33.1 Å². The monoisotopic (exact) mass is 317 g/mol. The summed E-state index contributed by atoms with van der Waals surface area (Å²) in [5, 5.41) is 5.27. The lowest BCUT2D eigenvalue weighted by molar-refractivity contribution is -0.118. The fourth-order valence-electron chi connectivity index (χ4n) is 3.11. The lowest BCUT2D eigenvalue weighted by Gasteiger charge is -2.17. The van der Waals surface area contributed by atoms with E-state index in [0.29, 0.717) is 11.6 Å². The van der Waals surface area contributed by atoms with Gasteiger partial charge in [0.25, 0.3) is 0 Å². The molecule has 0 fully saturated rings. The Morgan fingerprint density at radius 2 is 2.36 bits per heavy atom. The number of carbonyl (C=O) groups is 1. The fourth-order valence-corrected chi connectivity index (χ4v) is 4.46. The molecule has 4 rings (SSSR count). The number of carbonyl (C=O) groups excluding carboxylic acids is 1. The number of fused-ring (bicyclic) bond motifs is 5. The van der Waals surface area contributed by atoms with Crippen LogP contribution in [0.4, 0.5) is 0 Å². The Hall–Kier alpha value is -2.22. The average Bonchev–Trinajstić information content (AvgIpc) is 2.96. The summed E-state index contributed by atoms with van der Waals surface area (Å²) in [7, 11) is 0. The third-order valence-electron chi connectivity index (χ3n) is 4.18. The molecule has 0 spiro atoms. The number of hydrogen-bond donors (Lipinski definition) is 1. The van der Waals surface area contributed by atoms with Gasteiger partial charge >= 0.3 is 5.69 Å². The zero-order valence-electron chi connectivity index (χ0n) is 12.1. The number of primary amides is 1. The molecular formula is C14H15N5O2S. The standard InChI is InChI=1S/C14H15N5O2S/c1-7-2-3-8-9(4-7)22-13-11(8)12-17-19(5-10(15)20)14(21)18(12)6-16-13/h6-7H,2-5H2,1H3,(H2,15,20)/t7-/m1/s1. The highest BCUT2D eigenvalue weighted by atomic mass is 32.1. The van der Waals surface area contributed by atoms with E-state index >= 15 is 0 Å². The minimum absolute atomic E-state index is 0.217. The molecule has 2 N–H and O–H groups in total. The fraction of sp³-hybridized carbons (Fsp3) is 0.429. The summed E-state index contributed by atoms with van der Waals surface area (Å²) in [6.07, 6.45) is 4.64. The maximum atomic E-state index is 12.3. The second kappa shape index (κ2) is 4.64. The molecule has 0 unspecified atom stereocenters. The number of rotatable bonds is 2. The predicted molar refractivity (Wildman–Crippen MR) is 83.0 cm³/mol. The maximum Gasteiger partial charge on any atom is 0.352 e. The summed E-state index contributed by atoms with van der Waals surface area (Å²) in [5.74, 6) is 0.0853. The molecule has 7 nitrogen and oxygen atoms in total. The van der Waals surface area contributed by atoms with Gasteiger partial charge in [0, 0.05) is 4.88 Å². The van der Waals surface area contributed by atoms with Gasteiger partial charge < -0.3 is 5.73 Å². The smallest absolute Gasteiger partial charge is 0.352 e. The highest BCUT2D eigenvalue weighted by Gasteiger charge is 2.24. The van der Waals surface area contributed by atoms with Crippen molar-refractivity contribution in [1.82, 2.24) is 19.2 Å². The molecule has 1 aliphatic rings. The van der Waals surface area contributed by atoms with E-state index < -0.39 is 5.91 Å². The zero-order valence-corrected chi connectivity index (χ0v) is 12.9. The normalized spacial score (nSPS) is 18.0. The molecule has 3 aromatic heterocycles. The van der Waals surface area contributed by atoms with Crippen LogP contribution in [0.3, 0.4) is 0 Å². The summed E-state index contributed by atoms with van der Waals surface area (Å²) >= 11 is 1.68. The van der Waals surface area contributed by atoms with Crippen LogP contribution in [0.2, 0.25) is 0 Å². The van der Waals surface area contributed by atoms with Crippen molar-refractivity contribution in [2.75, 3.05) is 0 Å². The molecule has 0 aromatic carbocycles. The van der Waals surface area contributed by atoms with E-state index in [1.807, 2.05) is 0 Å². The highest BCUT2D eigenvalue weighted by molar-refractivity contribution is 7.19. The van der Waals surface area contributed by atoms with E-state index in [2.05, 4.69) is 17.0 Å². The Morgan fingerprint density at radius 3 is 3.14 bits per heavy atom. The minimum Gasteiger partial charge on any atom is -0.368 e. The summed E-state index contributed by atoms with van der Waals surface area (Å²) in [6.45, 7) is 2.04. The van der Waals surface area contributed by atoms with Crippen molar-refractivity contribution in [3.63, 3.8) is 0 Å². The molecule has 0 bridgehead atoms. The van der Waals surface area contributed by atoms with Gasteiger partial charge in [0.1, 0.15) is 17.7 Å². The quantitative estimate of drug-likeness (QED) is 0.753. The number of nitrogens with two attached hydrogens (primary N) is 1. The van der Waals surface area contributed by atoms with Crippen molar-refractivity contribution < 1.29 is 4.79 Å². The Labute approximate surface area is 129 Å². The Morgan fingerprint density at radius 1 is 1.55 bits per heavy atom. The van der Waals surface area contributed by atoms with Crippen LogP contribution in [0.15, 0.2) is 11.1 Å². The summed E-state index contributed by atoms with van der Waals surface area (Å²) in [5.41, 5.74) is 6.62. The molecule has 1 amide bonds. The van der Waals surface area contributed by atoms with Crippen molar-refractivity contribution in [3.8, 4) is 0 Å². The van der Waals surface area contributed by atoms with Gasteiger partial charge in [-0.3, -0.25) is 4.79 Å². The minimum atomic E-state index is -0.587. The van der Waals surface area contributed by atoms with Gasteiger partial charge in [0.05, 0.1) is 5.39 Å². The Kier molecular flexibility index (Phi) is 2.83. The molecular weight excluding hydrogens is 302 g/mol. The van der Waals surface area contributed by atoms with E-state index in [1.54, 1.807) is 11.3 Å². The van der Waals surface area contributed by atoms with Gasteiger partial charge in [-0.1, -0.05) is 6.92 Å². The number of aromatic nitrogens is 4. The van der Waals surface area contributed by atoms with Gasteiger partial charge in [-0.15, -0.1) is 16.4 Å². The van der Waals surface area contributed by atoms with Crippen molar-refractivity contribution in [2.45, 2.75) is 32.7 Å². The summed E-state index contributed by atoms with van der Waals surface area (Å²) < 4.78 is 2.50. The Balaban J connectivity index is 2.02. The third-order valence-corrected chi connectivity index (χ3v) is 5.35. The maximum absolute atomic E-state index is 12.3. The van der Waals surface area contributed by atoms with Crippen LogP contribution in [-0.2, 0) is 24.2 Å². The zero-order chi connectivity index (χ0) is 15.4. The van der Waals surface area contributed by atoms with Crippen LogP contribution in [0.25, 0.3) is 15.9 Å². The highest BCUT2D eigenvalue weighted by Crippen LogP contribution is 2.38. The average molecular weight is 317 g/mol. The van der Waals surface area contributed by atoms with E-state index in [-0.39, 0.29) is 12.2 Å². The molecule has 1 aliphatic carbocycles. The second-order valence-electron chi connectivity index (χ2n) is 5.88. The van der Waals surface area contributed by atoms with Gasteiger partial charge in [0.15, 0.2) is 5.65 Å². The van der Waals surface area contributed by atoms with Crippen LogP contribution in [0.5, 0.6) is 0 Å². The number of hydrogen-bond acceptors (Lipinski definition) is 5. The van der Waals surface area contributed by atoms with Crippen LogP contribution in [-0.4, -0.2) is 25.1 Å². The molecule has 1 atom stereocenters. The second-order valence-corrected chi connectivity index (χ2v) is 6.96. The van der Waals surface area contributed by atoms with Crippen LogP contribution in [0, 0.1) is 5.92 Å². The lowest BCUT2D eigenvalue weighted by Crippen LogP contribution is -2.28. The first-order chi connectivity index (χ1) is 10.5. The molecule has 0 saturated carbocycles. The van der Waals surface area contributed by atoms with E-state index in [0.717, 1.165) is 34.2 Å². The van der Waals surface area contributed by atoms with E-state index in [9.17, 15) is 9.59 Å². The molecule has 114 valence electrons. The molecule has 3 aromatic rings. The molecule has 0 radical (unpaired) electrons. The number of amides is 1. The van der Waals surface area contributed by atoms with Gasteiger partial charge in [-0.25, -0.2) is 18.9 Å². The molecule has 8 heteroatoms. The largest absolute Gasteiger partial charge is 0.368 e. The molecule has 0 saturated heterocycles. The van der Waals surface area contributed by atoms with E-state index in [1.165, 1.54) is 21.2 Å². The lowest BCUT2D eigenvalue weighted by atomic mass is 9.89. The first kappa shape index (κ1) is 13.4. The molecule has 0 aliphatic heterocycles. The van der Waals surface area contributed by atoms with Crippen molar-refractivity contribution in [1.29, 1.82) is 0 Å². The molecule has 22 heavy (non-hydrogen) atoms.